The van der Waals surface area contributed by atoms with Crippen LogP contribution in [-0.2, 0) is 0 Å². The molecule has 1 saturated heterocycles. The van der Waals surface area contributed by atoms with E-state index in [1.165, 1.54) is 24.6 Å². The number of nitrogens with zero attached hydrogens (tertiary/aromatic N) is 3. The summed E-state index contributed by atoms with van der Waals surface area (Å²) in [6, 6.07) is 15.2. The summed E-state index contributed by atoms with van der Waals surface area (Å²) in [5.41, 5.74) is 1.43. The minimum absolute atomic E-state index is 0.209. The lowest BCUT2D eigenvalue weighted by Crippen LogP contribution is -2.31. The van der Waals surface area contributed by atoms with Crippen molar-refractivity contribution in [1.29, 1.82) is 0 Å². The van der Waals surface area contributed by atoms with Gasteiger partial charge in [0.1, 0.15) is 23.1 Å². The molecular formula is C21H20F2N4. The van der Waals surface area contributed by atoms with Crippen molar-refractivity contribution < 1.29 is 8.78 Å². The minimum Gasteiger partial charge on any atom is -0.341 e. The molecule has 138 valence electrons. The van der Waals surface area contributed by atoms with Crippen molar-refractivity contribution in [2.45, 2.75) is 19.3 Å². The van der Waals surface area contributed by atoms with Crippen molar-refractivity contribution in [3.63, 3.8) is 0 Å². The molecule has 0 atom stereocenters. The first-order valence-corrected chi connectivity index (χ1v) is 9.11. The minimum atomic E-state index is -0.658. The van der Waals surface area contributed by atoms with Crippen molar-refractivity contribution in [2.75, 3.05) is 23.3 Å². The fourth-order valence-corrected chi connectivity index (χ4v) is 3.24. The van der Waals surface area contributed by atoms with E-state index in [0.29, 0.717) is 17.5 Å². The van der Waals surface area contributed by atoms with Gasteiger partial charge in [0.2, 0.25) is 5.95 Å². The predicted octanol–water partition coefficient (Wildman–Crippen LogP) is 5.16. The molecular weight excluding hydrogens is 346 g/mol. The van der Waals surface area contributed by atoms with Gasteiger partial charge in [-0.1, -0.05) is 36.4 Å². The summed E-state index contributed by atoms with van der Waals surface area (Å²) >= 11 is 0. The fraction of sp³-hybridized carbons (Fsp3) is 0.238. The summed E-state index contributed by atoms with van der Waals surface area (Å²) in [5.74, 6) is -0.368. The quantitative estimate of drug-likeness (QED) is 0.693. The molecule has 1 aromatic heterocycles. The smallest absolute Gasteiger partial charge is 0.227 e. The molecule has 27 heavy (non-hydrogen) atoms. The highest BCUT2D eigenvalue weighted by molar-refractivity contribution is 5.68. The number of nitrogens with one attached hydrogen (secondary N) is 1. The van der Waals surface area contributed by atoms with Gasteiger partial charge in [-0.05, 0) is 31.4 Å². The summed E-state index contributed by atoms with van der Waals surface area (Å²) in [7, 11) is 0. The molecule has 2 aromatic carbocycles. The summed E-state index contributed by atoms with van der Waals surface area (Å²) in [6.45, 7) is 1.76. The van der Waals surface area contributed by atoms with E-state index >= 15 is 0 Å². The van der Waals surface area contributed by atoms with E-state index in [4.69, 9.17) is 4.98 Å². The van der Waals surface area contributed by atoms with E-state index in [-0.39, 0.29) is 5.69 Å². The highest BCUT2D eigenvalue weighted by Crippen LogP contribution is 2.28. The highest BCUT2D eigenvalue weighted by atomic mass is 19.1. The Kier molecular flexibility index (Phi) is 4.96. The van der Waals surface area contributed by atoms with Crippen LogP contribution in [0.2, 0.25) is 0 Å². The topological polar surface area (TPSA) is 41.1 Å². The lowest BCUT2D eigenvalue weighted by atomic mass is 10.1. The summed E-state index contributed by atoms with van der Waals surface area (Å²) in [5, 5.41) is 2.80. The SMILES string of the molecule is Fc1cccc(F)c1Nc1cc(-c2ccccc2)nc(N2CCCCC2)n1. The largest absolute Gasteiger partial charge is 0.341 e. The normalized spacial score (nSPS) is 14.2. The third-order valence-corrected chi connectivity index (χ3v) is 4.64. The molecule has 0 saturated carbocycles. The van der Waals surface area contributed by atoms with Crippen LogP contribution in [0.25, 0.3) is 11.3 Å². The number of rotatable bonds is 4. The van der Waals surface area contributed by atoms with Gasteiger partial charge in [0.15, 0.2) is 0 Å². The molecule has 0 bridgehead atoms. The van der Waals surface area contributed by atoms with E-state index in [0.717, 1.165) is 31.5 Å². The van der Waals surface area contributed by atoms with Gasteiger partial charge in [0.05, 0.1) is 5.69 Å². The molecule has 4 nitrogen and oxygen atoms in total. The zero-order valence-electron chi connectivity index (χ0n) is 14.8. The van der Waals surface area contributed by atoms with Crippen molar-refractivity contribution in [3.05, 3.63) is 66.2 Å². The third kappa shape index (κ3) is 3.89. The Bertz CT molecular complexity index is 904. The van der Waals surface area contributed by atoms with Crippen LogP contribution in [0.3, 0.4) is 0 Å². The lowest BCUT2D eigenvalue weighted by molar-refractivity contribution is 0.568. The molecule has 2 heterocycles. The van der Waals surface area contributed by atoms with Crippen LogP contribution in [0, 0.1) is 11.6 Å². The Morgan fingerprint density at radius 3 is 2.22 bits per heavy atom. The maximum absolute atomic E-state index is 14.1. The highest BCUT2D eigenvalue weighted by Gasteiger charge is 2.17. The first kappa shape index (κ1) is 17.4. The number of halogens is 2. The van der Waals surface area contributed by atoms with E-state index < -0.39 is 11.6 Å². The summed E-state index contributed by atoms with van der Waals surface area (Å²) in [4.78, 5) is 11.4. The van der Waals surface area contributed by atoms with Gasteiger partial charge in [-0.25, -0.2) is 13.8 Å². The van der Waals surface area contributed by atoms with E-state index in [1.54, 1.807) is 6.07 Å². The maximum Gasteiger partial charge on any atom is 0.227 e. The average molecular weight is 366 g/mol. The Labute approximate surface area is 156 Å². The zero-order valence-corrected chi connectivity index (χ0v) is 14.8. The number of hydrogen-bond donors (Lipinski definition) is 1. The Balaban J connectivity index is 1.75. The van der Waals surface area contributed by atoms with Crippen molar-refractivity contribution in [1.82, 2.24) is 9.97 Å². The van der Waals surface area contributed by atoms with Gasteiger partial charge < -0.3 is 10.2 Å². The first-order chi connectivity index (χ1) is 13.2. The zero-order chi connectivity index (χ0) is 18.6. The molecule has 6 heteroatoms. The number of para-hydroxylation sites is 1. The Hall–Kier alpha value is -3.02. The third-order valence-electron chi connectivity index (χ3n) is 4.64. The van der Waals surface area contributed by atoms with E-state index in [1.807, 2.05) is 30.3 Å². The predicted molar refractivity (Wildman–Crippen MR) is 103 cm³/mol. The molecule has 1 N–H and O–H groups in total. The fourth-order valence-electron chi connectivity index (χ4n) is 3.24. The maximum atomic E-state index is 14.1. The molecule has 1 aliphatic heterocycles. The monoisotopic (exact) mass is 366 g/mol. The van der Waals surface area contributed by atoms with Gasteiger partial charge in [-0.3, -0.25) is 0 Å². The molecule has 1 aliphatic rings. The van der Waals surface area contributed by atoms with Crippen LogP contribution in [0.1, 0.15) is 19.3 Å². The van der Waals surface area contributed by atoms with Gasteiger partial charge >= 0.3 is 0 Å². The Morgan fingerprint density at radius 1 is 0.815 bits per heavy atom. The van der Waals surface area contributed by atoms with Crippen molar-refractivity contribution in [3.8, 4) is 11.3 Å². The number of anilines is 3. The number of benzene rings is 2. The average Bonchev–Trinajstić information content (AvgIpc) is 2.72. The number of hydrogen-bond acceptors (Lipinski definition) is 4. The molecule has 3 aromatic rings. The van der Waals surface area contributed by atoms with Crippen LogP contribution in [0.5, 0.6) is 0 Å². The molecule has 0 aliphatic carbocycles. The van der Waals surface area contributed by atoms with Crippen molar-refractivity contribution in [2.24, 2.45) is 0 Å². The number of piperidine rings is 1. The van der Waals surface area contributed by atoms with E-state index in [9.17, 15) is 8.78 Å². The van der Waals surface area contributed by atoms with Gasteiger partial charge in [-0.2, -0.15) is 4.98 Å². The van der Waals surface area contributed by atoms with E-state index in [2.05, 4.69) is 15.2 Å². The Morgan fingerprint density at radius 2 is 1.52 bits per heavy atom. The molecule has 0 amide bonds. The lowest BCUT2D eigenvalue weighted by Gasteiger charge is -2.27. The van der Waals surface area contributed by atoms with Crippen molar-refractivity contribution >= 4 is 17.5 Å². The molecule has 1 fully saturated rings. The second-order valence-electron chi connectivity index (χ2n) is 6.57. The van der Waals surface area contributed by atoms with Crippen LogP contribution < -0.4 is 10.2 Å². The van der Waals surface area contributed by atoms with Crippen LogP contribution in [-0.4, -0.2) is 23.1 Å². The molecule has 0 spiro atoms. The molecule has 4 rings (SSSR count). The number of aromatic nitrogens is 2. The van der Waals surface area contributed by atoms with Gasteiger partial charge in [0.25, 0.3) is 0 Å². The van der Waals surface area contributed by atoms with Gasteiger partial charge in [-0.15, -0.1) is 0 Å². The first-order valence-electron chi connectivity index (χ1n) is 9.11. The van der Waals surface area contributed by atoms with Crippen LogP contribution in [0.15, 0.2) is 54.6 Å². The van der Waals surface area contributed by atoms with Crippen LogP contribution >= 0.6 is 0 Å². The second kappa shape index (κ2) is 7.70. The molecule has 0 unspecified atom stereocenters. The standard InChI is InChI=1S/C21H20F2N4/c22-16-10-7-11-17(23)20(16)25-19-14-18(15-8-3-1-4-9-15)24-21(26-19)27-12-5-2-6-13-27/h1,3-4,7-11,14H,2,5-6,12-13H2,(H,24,25,26). The molecule has 0 radical (unpaired) electrons. The summed E-state index contributed by atoms with van der Waals surface area (Å²) in [6.07, 6.45) is 3.37. The van der Waals surface area contributed by atoms with Gasteiger partial charge in [0, 0.05) is 24.7 Å². The summed E-state index contributed by atoms with van der Waals surface area (Å²) < 4.78 is 28.1. The van der Waals surface area contributed by atoms with Crippen LogP contribution in [0.4, 0.5) is 26.2 Å². The second-order valence-corrected chi connectivity index (χ2v) is 6.57.